The number of sulfonamides is 1. The molecule has 1 aliphatic rings. The molecule has 3 rings (SSSR count). The Labute approximate surface area is 186 Å². The molecule has 0 saturated carbocycles. The molecule has 10 heteroatoms. The van der Waals surface area contributed by atoms with Crippen LogP contribution in [0.2, 0.25) is 10.0 Å². The van der Waals surface area contributed by atoms with Gasteiger partial charge in [0.25, 0.3) is 0 Å². The minimum atomic E-state index is -3.80. The molecule has 0 aromatic heterocycles. The molecule has 1 heterocycles. The van der Waals surface area contributed by atoms with Gasteiger partial charge >= 0.3 is 0 Å². The number of amides is 1. The van der Waals surface area contributed by atoms with Crippen molar-refractivity contribution in [3.63, 3.8) is 0 Å². The zero-order chi connectivity index (χ0) is 21.7. The fourth-order valence-electron chi connectivity index (χ4n) is 3.19. The van der Waals surface area contributed by atoms with Crippen LogP contribution in [0.3, 0.4) is 0 Å². The molecule has 7 nitrogen and oxygen atoms in total. The number of nitrogens with one attached hydrogen (secondary N) is 1. The molecule has 0 bridgehead atoms. The summed E-state index contributed by atoms with van der Waals surface area (Å²) in [5, 5.41) is 3.08. The van der Waals surface area contributed by atoms with Crippen LogP contribution in [0.25, 0.3) is 0 Å². The molecule has 1 fully saturated rings. The highest BCUT2D eigenvalue weighted by atomic mass is 35.5. The van der Waals surface area contributed by atoms with E-state index in [1.807, 2.05) is 29.2 Å². The monoisotopic (exact) mass is 471 g/mol. The van der Waals surface area contributed by atoms with E-state index >= 15 is 0 Å². The van der Waals surface area contributed by atoms with Crippen molar-refractivity contribution in [2.75, 3.05) is 39.8 Å². The van der Waals surface area contributed by atoms with Gasteiger partial charge in [0.05, 0.1) is 23.7 Å². The number of hydrogen-bond acceptors (Lipinski definition) is 5. The van der Waals surface area contributed by atoms with Crippen LogP contribution in [0.1, 0.15) is 5.56 Å². The predicted octanol–water partition coefficient (Wildman–Crippen LogP) is 2.62. The largest absolute Gasteiger partial charge is 0.497 e. The average Bonchev–Trinajstić information content (AvgIpc) is 2.73. The molecule has 1 N–H and O–H groups in total. The van der Waals surface area contributed by atoms with Gasteiger partial charge in [0.2, 0.25) is 15.9 Å². The van der Waals surface area contributed by atoms with Crippen molar-refractivity contribution < 1.29 is 17.9 Å². The van der Waals surface area contributed by atoms with Crippen molar-refractivity contribution in [1.82, 2.24) is 14.5 Å². The quantitative estimate of drug-likeness (QED) is 0.671. The minimum absolute atomic E-state index is 0.0704. The third kappa shape index (κ3) is 5.44. The first-order valence-corrected chi connectivity index (χ1v) is 11.6. The standard InChI is InChI=1S/C20H23Cl2N3O4S/c1-29-16-7-5-15(6-8-16)13-23-19(26)14-24-9-11-25(12-10-24)30(27,28)20-17(21)3-2-4-18(20)22/h2-8H,9-14H2,1H3,(H,23,26). The van der Waals surface area contributed by atoms with Crippen LogP contribution in [0.5, 0.6) is 5.75 Å². The van der Waals surface area contributed by atoms with Crippen LogP contribution in [-0.4, -0.2) is 63.4 Å². The highest BCUT2D eigenvalue weighted by molar-refractivity contribution is 7.89. The van der Waals surface area contributed by atoms with Crippen molar-refractivity contribution in [2.24, 2.45) is 0 Å². The molecular formula is C20H23Cl2N3O4S. The number of hydrogen-bond donors (Lipinski definition) is 1. The topological polar surface area (TPSA) is 79.0 Å². The molecule has 1 aliphatic heterocycles. The number of methoxy groups -OCH3 is 1. The predicted molar refractivity (Wildman–Crippen MR) is 117 cm³/mol. The second-order valence-corrected chi connectivity index (χ2v) is 9.54. The molecule has 0 aliphatic carbocycles. The fraction of sp³-hybridized carbons (Fsp3) is 0.350. The SMILES string of the molecule is COc1ccc(CNC(=O)CN2CCN(S(=O)(=O)c3c(Cl)cccc3Cl)CC2)cc1. The molecule has 0 atom stereocenters. The van der Waals surface area contributed by atoms with Gasteiger partial charge in [-0.3, -0.25) is 9.69 Å². The first-order valence-electron chi connectivity index (χ1n) is 9.37. The summed E-state index contributed by atoms with van der Waals surface area (Å²) in [4.78, 5) is 14.1. The average molecular weight is 472 g/mol. The summed E-state index contributed by atoms with van der Waals surface area (Å²) < 4.78 is 32.3. The van der Waals surface area contributed by atoms with E-state index in [0.29, 0.717) is 19.6 Å². The van der Waals surface area contributed by atoms with E-state index in [1.54, 1.807) is 13.2 Å². The lowest BCUT2D eigenvalue weighted by molar-refractivity contribution is -0.122. The third-order valence-corrected chi connectivity index (χ3v) is 7.72. The van der Waals surface area contributed by atoms with E-state index in [9.17, 15) is 13.2 Å². The Kier molecular flexibility index (Phi) is 7.60. The normalized spacial score (nSPS) is 15.7. The van der Waals surface area contributed by atoms with E-state index in [0.717, 1.165) is 11.3 Å². The Hall–Kier alpha value is -1.84. The van der Waals surface area contributed by atoms with Gasteiger partial charge in [-0.15, -0.1) is 0 Å². The second kappa shape index (κ2) is 9.98. The second-order valence-electron chi connectivity index (χ2n) is 6.86. The van der Waals surface area contributed by atoms with Crippen LogP contribution in [0.4, 0.5) is 0 Å². The van der Waals surface area contributed by atoms with Crippen LogP contribution < -0.4 is 10.1 Å². The van der Waals surface area contributed by atoms with Crippen molar-refractivity contribution in [3.8, 4) is 5.75 Å². The Balaban J connectivity index is 1.50. The lowest BCUT2D eigenvalue weighted by Gasteiger charge is -2.33. The Bertz CT molecular complexity index is 971. The van der Waals surface area contributed by atoms with Crippen LogP contribution in [0, 0.1) is 0 Å². The zero-order valence-corrected chi connectivity index (χ0v) is 18.8. The summed E-state index contributed by atoms with van der Waals surface area (Å²) in [6.07, 6.45) is 0. The molecule has 30 heavy (non-hydrogen) atoms. The summed E-state index contributed by atoms with van der Waals surface area (Å²) in [7, 11) is -2.19. The maximum absolute atomic E-state index is 12.9. The number of halogens is 2. The Morgan fingerprint density at radius 2 is 1.63 bits per heavy atom. The fourth-order valence-corrected chi connectivity index (χ4v) is 5.70. The summed E-state index contributed by atoms with van der Waals surface area (Å²) in [5.41, 5.74) is 0.969. The molecule has 2 aromatic rings. The molecule has 0 radical (unpaired) electrons. The first-order chi connectivity index (χ1) is 14.3. The maximum Gasteiger partial charge on any atom is 0.246 e. The smallest absolute Gasteiger partial charge is 0.246 e. The van der Waals surface area contributed by atoms with Gasteiger partial charge in [-0.2, -0.15) is 4.31 Å². The highest BCUT2D eigenvalue weighted by Crippen LogP contribution is 2.31. The van der Waals surface area contributed by atoms with E-state index < -0.39 is 10.0 Å². The zero-order valence-electron chi connectivity index (χ0n) is 16.5. The minimum Gasteiger partial charge on any atom is -0.497 e. The van der Waals surface area contributed by atoms with E-state index in [1.165, 1.54) is 16.4 Å². The number of nitrogens with zero attached hydrogens (tertiary/aromatic N) is 2. The van der Waals surface area contributed by atoms with Crippen LogP contribution in [-0.2, 0) is 21.4 Å². The molecule has 162 valence electrons. The summed E-state index contributed by atoms with van der Waals surface area (Å²) in [6, 6.07) is 12.1. The molecule has 1 saturated heterocycles. The van der Waals surface area contributed by atoms with Crippen LogP contribution in [0.15, 0.2) is 47.4 Å². The molecule has 1 amide bonds. The Morgan fingerprint density at radius 3 is 2.20 bits per heavy atom. The van der Waals surface area contributed by atoms with Crippen LogP contribution >= 0.6 is 23.2 Å². The van der Waals surface area contributed by atoms with Crippen molar-refractivity contribution in [2.45, 2.75) is 11.4 Å². The van der Waals surface area contributed by atoms with Crippen molar-refractivity contribution >= 4 is 39.1 Å². The Morgan fingerprint density at radius 1 is 1.03 bits per heavy atom. The van der Waals surface area contributed by atoms with E-state index in [4.69, 9.17) is 27.9 Å². The van der Waals surface area contributed by atoms with Gasteiger partial charge in [-0.25, -0.2) is 8.42 Å². The van der Waals surface area contributed by atoms with E-state index in [-0.39, 0.29) is 40.5 Å². The van der Waals surface area contributed by atoms with Crippen molar-refractivity contribution in [3.05, 3.63) is 58.1 Å². The summed E-state index contributed by atoms with van der Waals surface area (Å²) in [6.45, 7) is 2.03. The van der Waals surface area contributed by atoms with Gasteiger partial charge in [0.15, 0.2) is 0 Å². The molecule has 0 spiro atoms. The van der Waals surface area contributed by atoms with Gasteiger partial charge < -0.3 is 10.1 Å². The number of rotatable bonds is 7. The molecule has 0 unspecified atom stereocenters. The van der Waals surface area contributed by atoms with Gasteiger partial charge in [0.1, 0.15) is 10.6 Å². The molecule has 2 aromatic carbocycles. The first kappa shape index (κ1) is 22.8. The molecular weight excluding hydrogens is 449 g/mol. The van der Waals surface area contributed by atoms with Gasteiger partial charge in [-0.05, 0) is 29.8 Å². The van der Waals surface area contributed by atoms with E-state index in [2.05, 4.69) is 5.32 Å². The van der Waals surface area contributed by atoms with Crippen molar-refractivity contribution in [1.29, 1.82) is 0 Å². The summed E-state index contributed by atoms with van der Waals surface area (Å²) in [5.74, 6) is 0.646. The third-order valence-electron chi connectivity index (χ3n) is 4.86. The highest BCUT2D eigenvalue weighted by Gasteiger charge is 2.32. The number of benzene rings is 2. The number of carbonyl (C=O) groups excluding carboxylic acids is 1. The van der Waals surface area contributed by atoms with Gasteiger partial charge in [-0.1, -0.05) is 41.4 Å². The summed E-state index contributed by atoms with van der Waals surface area (Å²) >= 11 is 12.1. The van der Waals surface area contributed by atoms with Gasteiger partial charge in [0, 0.05) is 32.7 Å². The number of carbonyl (C=O) groups is 1. The number of ether oxygens (including phenoxy) is 1. The number of piperazine rings is 1. The maximum atomic E-state index is 12.9. The lowest BCUT2D eigenvalue weighted by Crippen LogP contribution is -2.51. The lowest BCUT2D eigenvalue weighted by atomic mass is 10.2.